The maximum absolute atomic E-state index is 12.3. The molecule has 0 aliphatic carbocycles. The number of hydrogen-bond acceptors (Lipinski definition) is 3. The third-order valence-corrected chi connectivity index (χ3v) is 3.46. The van der Waals surface area contributed by atoms with Gasteiger partial charge in [-0.05, 0) is 30.8 Å². The third kappa shape index (κ3) is 5.86. The molecule has 0 fully saturated rings. The third-order valence-electron chi connectivity index (χ3n) is 2.11. The number of carbonyl (C=O) groups is 1. The summed E-state index contributed by atoms with van der Waals surface area (Å²) in [5.41, 5.74) is -3.74. The first-order chi connectivity index (χ1) is 8.85. The zero-order valence-corrected chi connectivity index (χ0v) is 12.5. The summed E-state index contributed by atoms with van der Waals surface area (Å²) in [7, 11) is 0. The quantitative estimate of drug-likeness (QED) is 0.564. The lowest BCUT2D eigenvalue weighted by Crippen LogP contribution is -2.06. The second-order valence-electron chi connectivity index (χ2n) is 3.60. The number of Topliss-reactive ketones (excluding diaryl/α,β-unsaturated/α-hetero) is 1. The Bertz CT molecular complexity index is 449. The molecule has 0 radical (unpaired) electrons. The van der Waals surface area contributed by atoms with Gasteiger partial charge in [0.2, 0.25) is 0 Å². The molecule has 1 rings (SSSR count). The van der Waals surface area contributed by atoms with E-state index in [4.69, 9.17) is 4.74 Å². The van der Waals surface area contributed by atoms with Crippen molar-refractivity contribution in [3.8, 4) is 5.75 Å². The highest BCUT2D eigenvalue weighted by molar-refractivity contribution is 9.09. The van der Waals surface area contributed by atoms with Gasteiger partial charge in [0.25, 0.3) is 0 Å². The van der Waals surface area contributed by atoms with Crippen LogP contribution >= 0.6 is 27.7 Å². The van der Waals surface area contributed by atoms with E-state index in [9.17, 15) is 18.0 Å². The average Bonchev–Trinajstić information content (AvgIpc) is 2.30. The minimum atomic E-state index is -4.34. The second-order valence-corrected chi connectivity index (χ2v) is 5.30. The fourth-order valence-corrected chi connectivity index (χ4v) is 2.20. The zero-order valence-electron chi connectivity index (χ0n) is 10.1. The number of rotatable bonds is 6. The topological polar surface area (TPSA) is 26.3 Å². The first kappa shape index (κ1) is 16.4. The molecular formula is C12H12BrF3O2S. The number of alkyl halides is 4. The second kappa shape index (κ2) is 7.19. The number of ketones is 1. The molecule has 0 aliphatic heterocycles. The Balaban J connectivity index is 2.97. The van der Waals surface area contributed by atoms with Crippen LogP contribution in [0.25, 0.3) is 0 Å². The van der Waals surface area contributed by atoms with E-state index in [0.29, 0.717) is 17.9 Å². The van der Waals surface area contributed by atoms with Crippen molar-refractivity contribution in [1.82, 2.24) is 0 Å². The monoisotopic (exact) mass is 356 g/mol. The molecule has 106 valence electrons. The number of halogens is 4. The average molecular weight is 357 g/mol. The van der Waals surface area contributed by atoms with Crippen molar-refractivity contribution in [3.05, 3.63) is 23.8 Å². The van der Waals surface area contributed by atoms with E-state index in [0.717, 1.165) is 0 Å². The van der Waals surface area contributed by atoms with E-state index in [1.54, 1.807) is 6.92 Å². The number of thioether (sulfide) groups is 1. The van der Waals surface area contributed by atoms with Crippen LogP contribution in [0.4, 0.5) is 13.2 Å². The van der Waals surface area contributed by atoms with Gasteiger partial charge >= 0.3 is 5.51 Å². The molecule has 2 nitrogen and oxygen atoms in total. The lowest BCUT2D eigenvalue weighted by Gasteiger charge is -2.12. The van der Waals surface area contributed by atoms with Crippen LogP contribution in [0.1, 0.15) is 12.5 Å². The zero-order chi connectivity index (χ0) is 14.5. The highest BCUT2D eigenvalue weighted by atomic mass is 79.9. The number of carbonyl (C=O) groups excluding carboxylic acids is 1. The smallest absolute Gasteiger partial charge is 0.446 e. The molecule has 0 saturated heterocycles. The van der Waals surface area contributed by atoms with Crippen LogP contribution in [0.5, 0.6) is 5.75 Å². The van der Waals surface area contributed by atoms with Gasteiger partial charge in [-0.25, -0.2) is 0 Å². The molecule has 1 aromatic carbocycles. The van der Waals surface area contributed by atoms with E-state index >= 15 is 0 Å². The Morgan fingerprint density at radius 1 is 1.42 bits per heavy atom. The highest BCUT2D eigenvalue weighted by Crippen LogP contribution is 2.38. The van der Waals surface area contributed by atoms with Crippen molar-refractivity contribution in [1.29, 1.82) is 0 Å². The van der Waals surface area contributed by atoms with Crippen molar-refractivity contribution < 1.29 is 22.7 Å². The van der Waals surface area contributed by atoms with E-state index in [1.165, 1.54) is 18.2 Å². The molecule has 0 N–H and O–H groups in total. The Morgan fingerprint density at radius 2 is 2.11 bits per heavy atom. The van der Waals surface area contributed by atoms with Gasteiger partial charge in [0, 0.05) is 16.9 Å². The number of ether oxygens (including phenoxy) is 1. The van der Waals surface area contributed by atoms with E-state index in [2.05, 4.69) is 15.9 Å². The fourth-order valence-electron chi connectivity index (χ4n) is 1.43. The van der Waals surface area contributed by atoms with Crippen LogP contribution in [0.2, 0.25) is 0 Å². The van der Waals surface area contributed by atoms with Gasteiger partial charge in [0.05, 0.1) is 11.9 Å². The van der Waals surface area contributed by atoms with Gasteiger partial charge in [-0.15, -0.1) is 0 Å². The van der Waals surface area contributed by atoms with Crippen LogP contribution in [0.15, 0.2) is 23.1 Å². The minimum absolute atomic E-state index is 0.0472. The van der Waals surface area contributed by atoms with Crippen molar-refractivity contribution in [3.63, 3.8) is 0 Å². The van der Waals surface area contributed by atoms with E-state index in [1.807, 2.05) is 0 Å². The van der Waals surface area contributed by atoms with E-state index in [-0.39, 0.29) is 34.2 Å². The van der Waals surface area contributed by atoms with Crippen LogP contribution in [0, 0.1) is 0 Å². The molecule has 0 atom stereocenters. The molecular weight excluding hydrogens is 345 g/mol. The van der Waals surface area contributed by atoms with Crippen LogP contribution in [-0.4, -0.2) is 23.2 Å². The summed E-state index contributed by atoms with van der Waals surface area (Å²) in [6.07, 6.45) is 0.136. The summed E-state index contributed by atoms with van der Waals surface area (Å²) >= 11 is 2.85. The number of benzene rings is 1. The molecule has 0 unspecified atom stereocenters. The number of hydrogen-bond donors (Lipinski definition) is 0. The molecule has 0 saturated carbocycles. The summed E-state index contributed by atoms with van der Waals surface area (Å²) in [6, 6.07) is 4.16. The predicted octanol–water partition coefficient (Wildman–Crippen LogP) is 4.20. The molecule has 0 aliphatic rings. The first-order valence-electron chi connectivity index (χ1n) is 5.45. The Labute approximate surface area is 121 Å². The van der Waals surface area contributed by atoms with Gasteiger partial charge in [-0.1, -0.05) is 22.0 Å². The molecule has 0 amide bonds. The summed E-state index contributed by atoms with van der Waals surface area (Å²) < 4.78 is 42.1. The Kier molecular flexibility index (Phi) is 6.19. The van der Waals surface area contributed by atoms with Crippen molar-refractivity contribution >= 4 is 33.5 Å². The Hall–Kier alpha value is -0.690. The standard InChI is InChI=1S/C12H12BrF3O2S/c1-2-18-11-6-10(19-12(14,15)16)4-3-8(11)5-9(17)7-13/h3-4,6H,2,5,7H2,1H3. The first-order valence-corrected chi connectivity index (χ1v) is 7.38. The van der Waals surface area contributed by atoms with E-state index < -0.39 is 5.51 Å². The maximum Gasteiger partial charge on any atom is 0.446 e. The van der Waals surface area contributed by atoms with Gasteiger partial charge in [-0.3, -0.25) is 4.79 Å². The summed E-state index contributed by atoms with van der Waals surface area (Å²) in [5.74, 6) is 0.267. The van der Waals surface area contributed by atoms with Crippen molar-refractivity contribution in [2.24, 2.45) is 0 Å². The predicted molar refractivity (Wildman–Crippen MR) is 72.0 cm³/mol. The fraction of sp³-hybridized carbons (Fsp3) is 0.417. The van der Waals surface area contributed by atoms with Crippen LogP contribution < -0.4 is 4.74 Å². The molecule has 1 aromatic rings. The SMILES string of the molecule is CCOc1cc(SC(F)(F)F)ccc1CC(=O)CBr. The highest BCUT2D eigenvalue weighted by Gasteiger charge is 2.29. The van der Waals surface area contributed by atoms with Crippen LogP contribution in [-0.2, 0) is 11.2 Å². The summed E-state index contributed by atoms with van der Waals surface area (Å²) in [5, 5.41) is 0.206. The minimum Gasteiger partial charge on any atom is -0.494 e. The van der Waals surface area contributed by atoms with Gasteiger partial charge in [0.1, 0.15) is 11.5 Å². The Morgan fingerprint density at radius 3 is 2.63 bits per heavy atom. The maximum atomic E-state index is 12.3. The molecule has 7 heteroatoms. The lowest BCUT2D eigenvalue weighted by molar-refractivity contribution is -0.115. The van der Waals surface area contributed by atoms with Gasteiger partial charge in [0.15, 0.2) is 0 Å². The lowest BCUT2D eigenvalue weighted by atomic mass is 10.1. The largest absolute Gasteiger partial charge is 0.494 e. The molecule has 0 heterocycles. The molecule has 0 aromatic heterocycles. The molecule has 0 spiro atoms. The molecule has 0 bridgehead atoms. The summed E-state index contributed by atoms with van der Waals surface area (Å²) in [4.78, 5) is 11.4. The van der Waals surface area contributed by atoms with Gasteiger partial charge in [-0.2, -0.15) is 13.2 Å². The summed E-state index contributed by atoms with van der Waals surface area (Å²) in [6.45, 7) is 2.06. The van der Waals surface area contributed by atoms with Crippen molar-refractivity contribution in [2.45, 2.75) is 23.7 Å². The van der Waals surface area contributed by atoms with Crippen LogP contribution in [0.3, 0.4) is 0 Å². The molecule has 19 heavy (non-hydrogen) atoms. The van der Waals surface area contributed by atoms with Gasteiger partial charge < -0.3 is 4.74 Å². The van der Waals surface area contributed by atoms with Crippen molar-refractivity contribution in [2.75, 3.05) is 11.9 Å². The normalized spacial score (nSPS) is 11.4.